The molecule has 0 atom stereocenters. The van der Waals surface area contributed by atoms with Gasteiger partial charge in [-0.25, -0.2) is 0 Å². The average molecular weight is 197 g/mol. The van der Waals surface area contributed by atoms with Crippen LogP contribution >= 0.6 is 0 Å². The summed E-state index contributed by atoms with van der Waals surface area (Å²) in [5.74, 6) is 1.81. The van der Waals surface area contributed by atoms with Gasteiger partial charge in [-0.15, -0.1) is 6.42 Å². The molecule has 0 aliphatic rings. The first-order valence-electron chi connectivity index (χ1n) is 4.56. The van der Waals surface area contributed by atoms with Crippen LogP contribution in [-0.2, 0) is 14.3 Å². The van der Waals surface area contributed by atoms with Crippen molar-refractivity contribution < 1.29 is 14.3 Å². The van der Waals surface area contributed by atoms with Crippen molar-refractivity contribution in [2.24, 2.45) is 0 Å². The minimum Gasteiger partial charge on any atom is -0.466 e. The van der Waals surface area contributed by atoms with Crippen LogP contribution in [0, 0.1) is 12.3 Å². The van der Waals surface area contributed by atoms with Crippen molar-refractivity contribution in [2.75, 3.05) is 13.2 Å². The zero-order valence-electron chi connectivity index (χ0n) is 8.34. The Balaban J connectivity index is 3.34. The highest BCUT2D eigenvalue weighted by Gasteiger charge is 2.01. The normalized spacial score (nSPS) is 8.86. The summed E-state index contributed by atoms with van der Waals surface area (Å²) in [4.78, 5) is 21.7. The van der Waals surface area contributed by atoms with Gasteiger partial charge >= 0.3 is 5.97 Å². The highest BCUT2D eigenvalue weighted by Crippen LogP contribution is 1.91. The highest BCUT2D eigenvalue weighted by atomic mass is 16.5. The van der Waals surface area contributed by atoms with E-state index in [0.29, 0.717) is 26.0 Å². The van der Waals surface area contributed by atoms with Gasteiger partial charge in [0.05, 0.1) is 13.0 Å². The second kappa shape index (κ2) is 8.11. The van der Waals surface area contributed by atoms with E-state index in [0.717, 1.165) is 0 Å². The van der Waals surface area contributed by atoms with E-state index in [1.54, 1.807) is 6.92 Å². The molecular formula is C10H15NO3. The second-order valence-electron chi connectivity index (χ2n) is 2.64. The number of carbonyl (C=O) groups excluding carboxylic acids is 2. The van der Waals surface area contributed by atoms with Crippen LogP contribution in [0.3, 0.4) is 0 Å². The predicted octanol–water partition coefficient (Wildman–Crippen LogP) is 0.469. The van der Waals surface area contributed by atoms with Crippen LogP contribution in [0.25, 0.3) is 0 Å². The number of rotatable bonds is 6. The zero-order valence-corrected chi connectivity index (χ0v) is 8.34. The van der Waals surface area contributed by atoms with E-state index >= 15 is 0 Å². The van der Waals surface area contributed by atoms with Crippen molar-refractivity contribution in [1.29, 1.82) is 0 Å². The molecular weight excluding hydrogens is 182 g/mol. The molecule has 0 aliphatic heterocycles. The Labute approximate surface area is 84.0 Å². The van der Waals surface area contributed by atoms with Gasteiger partial charge in [0.1, 0.15) is 0 Å². The molecule has 1 amide bonds. The molecule has 0 aromatic rings. The summed E-state index contributed by atoms with van der Waals surface area (Å²) in [5, 5.41) is 2.59. The quantitative estimate of drug-likeness (QED) is 0.382. The van der Waals surface area contributed by atoms with Gasteiger partial charge in [-0.3, -0.25) is 9.59 Å². The number of terminal acetylenes is 1. The number of ether oxygens (including phenoxy) is 1. The van der Waals surface area contributed by atoms with Crippen LogP contribution in [0.15, 0.2) is 0 Å². The first kappa shape index (κ1) is 12.5. The lowest BCUT2D eigenvalue weighted by molar-refractivity contribution is -0.143. The van der Waals surface area contributed by atoms with Crippen LogP contribution in [0.2, 0.25) is 0 Å². The Morgan fingerprint density at radius 3 is 2.79 bits per heavy atom. The van der Waals surface area contributed by atoms with E-state index in [4.69, 9.17) is 11.2 Å². The Kier molecular flexibility index (Phi) is 7.24. The Morgan fingerprint density at radius 2 is 2.21 bits per heavy atom. The van der Waals surface area contributed by atoms with Crippen LogP contribution in [0.1, 0.15) is 26.2 Å². The van der Waals surface area contributed by atoms with Crippen LogP contribution in [0.5, 0.6) is 0 Å². The van der Waals surface area contributed by atoms with Gasteiger partial charge in [0.15, 0.2) is 0 Å². The Hall–Kier alpha value is -1.50. The molecule has 4 heteroatoms. The zero-order chi connectivity index (χ0) is 10.8. The third-order valence-corrected chi connectivity index (χ3v) is 1.45. The van der Waals surface area contributed by atoms with Crippen LogP contribution in [0.4, 0.5) is 0 Å². The number of carbonyl (C=O) groups is 2. The number of hydrogen-bond acceptors (Lipinski definition) is 3. The van der Waals surface area contributed by atoms with Gasteiger partial charge < -0.3 is 10.1 Å². The summed E-state index contributed by atoms with van der Waals surface area (Å²) in [5.41, 5.74) is 0. The lowest BCUT2D eigenvalue weighted by Crippen LogP contribution is -2.24. The summed E-state index contributed by atoms with van der Waals surface area (Å²) in [6, 6.07) is 0. The molecule has 0 spiro atoms. The fourth-order valence-corrected chi connectivity index (χ4v) is 0.849. The number of esters is 1. The van der Waals surface area contributed by atoms with E-state index in [9.17, 15) is 9.59 Å². The largest absolute Gasteiger partial charge is 0.466 e. The van der Waals surface area contributed by atoms with E-state index in [1.807, 2.05) is 0 Å². The molecule has 4 nitrogen and oxygen atoms in total. The third kappa shape index (κ3) is 7.17. The fraction of sp³-hybridized carbons (Fsp3) is 0.600. The fourth-order valence-electron chi connectivity index (χ4n) is 0.849. The van der Waals surface area contributed by atoms with Crippen molar-refractivity contribution in [1.82, 2.24) is 5.32 Å². The topological polar surface area (TPSA) is 55.4 Å². The molecule has 0 aromatic heterocycles. The molecule has 0 rings (SSSR count). The SMILES string of the molecule is C#CCC(=O)NCCCC(=O)OCC. The molecule has 14 heavy (non-hydrogen) atoms. The van der Waals surface area contributed by atoms with Gasteiger partial charge in [-0.2, -0.15) is 0 Å². The number of nitrogens with one attached hydrogen (secondary N) is 1. The van der Waals surface area contributed by atoms with E-state index in [-0.39, 0.29) is 18.3 Å². The minimum atomic E-state index is -0.237. The monoisotopic (exact) mass is 197 g/mol. The first-order valence-corrected chi connectivity index (χ1v) is 4.56. The molecule has 0 fully saturated rings. The van der Waals surface area contributed by atoms with Gasteiger partial charge in [0, 0.05) is 13.0 Å². The summed E-state index contributed by atoms with van der Waals surface area (Å²) >= 11 is 0. The smallest absolute Gasteiger partial charge is 0.305 e. The second-order valence-corrected chi connectivity index (χ2v) is 2.64. The van der Waals surface area contributed by atoms with Crippen LogP contribution in [-0.4, -0.2) is 25.0 Å². The summed E-state index contributed by atoms with van der Waals surface area (Å²) in [7, 11) is 0. The number of hydrogen-bond donors (Lipinski definition) is 1. The maximum absolute atomic E-state index is 10.8. The van der Waals surface area contributed by atoms with Crippen molar-refractivity contribution in [2.45, 2.75) is 26.2 Å². The molecule has 0 heterocycles. The van der Waals surface area contributed by atoms with Crippen molar-refractivity contribution in [3.05, 3.63) is 0 Å². The van der Waals surface area contributed by atoms with Gasteiger partial charge in [0.25, 0.3) is 0 Å². The summed E-state index contributed by atoms with van der Waals surface area (Å²) in [6.45, 7) is 2.61. The maximum atomic E-state index is 10.8. The van der Waals surface area contributed by atoms with Gasteiger partial charge in [-0.05, 0) is 13.3 Å². The molecule has 0 radical (unpaired) electrons. The molecule has 0 aromatic carbocycles. The van der Waals surface area contributed by atoms with E-state index < -0.39 is 0 Å². The predicted molar refractivity (Wildman–Crippen MR) is 52.3 cm³/mol. The average Bonchev–Trinajstić information content (AvgIpc) is 2.13. The van der Waals surface area contributed by atoms with E-state index in [2.05, 4.69) is 11.2 Å². The van der Waals surface area contributed by atoms with Gasteiger partial charge in [0.2, 0.25) is 5.91 Å². The van der Waals surface area contributed by atoms with Crippen LogP contribution < -0.4 is 5.32 Å². The summed E-state index contributed by atoms with van der Waals surface area (Å²) < 4.78 is 4.71. The van der Waals surface area contributed by atoms with E-state index in [1.165, 1.54) is 0 Å². The molecule has 0 aliphatic carbocycles. The molecule has 0 saturated heterocycles. The lowest BCUT2D eigenvalue weighted by Gasteiger charge is -2.02. The molecule has 78 valence electrons. The molecule has 1 N–H and O–H groups in total. The van der Waals surface area contributed by atoms with Crippen molar-refractivity contribution in [3.63, 3.8) is 0 Å². The van der Waals surface area contributed by atoms with Crippen molar-refractivity contribution in [3.8, 4) is 12.3 Å². The molecule has 0 saturated carbocycles. The van der Waals surface area contributed by atoms with Gasteiger partial charge in [-0.1, -0.05) is 5.92 Å². The third-order valence-electron chi connectivity index (χ3n) is 1.45. The maximum Gasteiger partial charge on any atom is 0.305 e. The Bertz CT molecular complexity index is 230. The highest BCUT2D eigenvalue weighted by molar-refractivity contribution is 5.78. The Morgan fingerprint density at radius 1 is 1.50 bits per heavy atom. The molecule has 0 unspecified atom stereocenters. The molecule has 0 bridgehead atoms. The van der Waals surface area contributed by atoms with Crippen molar-refractivity contribution >= 4 is 11.9 Å². The lowest BCUT2D eigenvalue weighted by atomic mass is 10.3. The summed E-state index contributed by atoms with van der Waals surface area (Å²) in [6.07, 6.45) is 5.92. The number of amides is 1. The minimum absolute atomic E-state index is 0.0827. The standard InChI is InChI=1S/C10H15NO3/c1-3-6-9(12)11-8-5-7-10(13)14-4-2/h1H,4-8H2,2H3,(H,11,12). The first-order chi connectivity index (χ1) is 6.70.